The molecule has 0 radical (unpaired) electrons. The third-order valence-electron chi connectivity index (χ3n) is 7.79. The summed E-state index contributed by atoms with van der Waals surface area (Å²) in [6.07, 6.45) is 0. The van der Waals surface area contributed by atoms with Gasteiger partial charge in [0.2, 0.25) is 0 Å². The van der Waals surface area contributed by atoms with Crippen molar-refractivity contribution in [2.45, 2.75) is 0 Å². The van der Waals surface area contributed by atoms with Crippen molar-refractivity contribution < 1.29 is 0 Å². The van der Waals surface area contributed by atoms with Crippen LogP contribution < -0.4 is 10.2 Å². The molecule has 0 bridgehead atoms. The maximum atomic E-state index is 3.60. The number of benzene rings is 8. The van der Waals surface area contributed by atoms with Crippen molar-refractivity contribution in [1.82, 2.24) is 0 Å². The van der Waals surface area contributed by atoms with E-state index in [2.05, 4.69) is 104 Å². The van der Waals surface area contributed by atoms with Crippen molar-refractivity contribution in [3.63, 3.8) is 0 Å². The van der Waals surface area contributed by atoms with Gasteiger partial charge in [0.1, 0.15) is 0 Å². The number of hydrogen-bond donors (Lipinski definition) is 1. The minimum Gasteiger partial charge on any atom is -0.387 e. The van der Waals surface area contributed by atoms with Gasteiger partial charge in [-0.05, 0) is 44.5 Å². The van der Waals surface area contributed by atoms with E-state index in [1.54, 1.807) is 0 Å². The van der Waals surface area contributed by atoms with E-state index in [0.29, 0.717) is 0 Å². The largest absolute Gasteiger partial charge is 0.387 e. The third-order valence-corrected chi connectivity index (χ3v) is 7.79. The van der Waals surface area contributed by atoms with Gasteiger partial charge < -0.3 is 10.2 Å². The van der Waals surface area contributed by atoms with Gasteiger partial charge in [0.25, 0.3) is 0 Å². The van der Waals surface area contributed by atoms with E-state index in [0.717, 1.165) is 0 Å². The van der Waals surface area contributed by atoms with Crippen LogP contribution in [-0.2, 0) is 0 Å². The fourth-order valence-corrected chi connectivity index (χ4v) is 6.65. The first-order valence-corrected chi connectivity index (χ1v) is 11.6. The van der Waals surface area contributed by atoms with E-state index in [-0.39, 0.29) is 0 Å². The van der Waals surface area contributed by atoms with Crippen LogP contribution in [0.3, 0.4) is 0 Å². The molecule has 0 heterocycles. The lowest BCUT2D eigenvalue weighted by Gasteiger charge is -2.27. The number of anilines is 2. The Labute approximate surface area is 191 Å². The van der Waals surface area contributed by atoms with Gasteiger partial charge in [-0.1, -0.05) is 60.7 Å². The Kier molecular flexibility index (Phi) is 3.00. The van der Waals surface area contributed by atoms with Crippen LogP contribution >= 0.6 is 0 Å². The van der Waals surface area contributed by atoms with Crippen LogP contribution in [0.15, 0.2) is 72.8 Å². The van der Waals surface area contributed by atoms with Crippen LogP contribution in [0.5, 0.6) is 0 Å². The average molecular weight is 423 g/mol. The Morgan fingerprint density at radius 1 is 0.515 bits per heavy atom. The van der Waals surface area contributed by atoms with Crippen LogP contribution in [0, 0.1) is 0 Å². The first-order chi connectivity index (χ1) is 16.2. The Hall–Kier alpha value is -4.04. The van der Waals surface area contributed by atoms with Gasteiger partial charge >= 0.3 is 0 Å². The highest BCUT2D eigenvalue weighted by molar-refractivity contribution is 6.47. The second-order valence-corrected chi connectivity index (χ2v) is 9.60. The lowest BCUT2D eigenvalue weighted by Crippen LogP contribution is -2.11. The number of nitrogens with one attached hydrogen (secondary N) is 1. The lowest BCUT2D eigenvalue weighted by molar-refractivity contribution is 1.15. The van der Waals surface area contributed by atoms with Crippen LogP contribution in [0.1, 0.15) is 0 Å². The summed E-state index contributed by atoms with van der Waals surface area (Å²) in [6.45, 7) is 0. The highest BCUT2D eigenvalue weighted by atomic mass is 15.1. The fraction of sp³-hybridized carbons (Fsp3) is 0.0968. The van der Waals surface area contributed by atoms with E-state index in [1.165, 1.54) is 86.8 Å². The fourth-order valence-electron chi connectivity index (χ4n) is 6.65. The number of nitrogens with zero attached hydrogens (tertiary/aromatic N) is 1. The Balaban J connectivity index is 1.88. The second-order valence-electron chi connectivity index (χ2n) is 9.60. The molecule has 0 aliphatic heterocycles. The maximum absolute atomic E-state index is 3.60. The van der Waals surface area contributed by atoms with E-state index in [4.69, 9.17) is 0 Å². The highest BCUT2D eigenvalue weighted by Crippen LogP contribution is 2.53. The van der Waals surface area contributed by atoms with Gasteiger partial charge in [0.05, 0.1) is 5.69 Å². The molecule has 0 fully saturated rings. The molecular formula is C31H22N2. The van der Waals surface area contributed by atoms with E-state index < -0.39 is 0 Å². The number of hydrogen-bond acceptors (Lipinski definition) is 2. The molecule has 8 rings (SSSR count). The summed E-state index contributed by atoms with van der Waals surface area (Å²) in [7, 11) is 6.42. The predicted molar refractivity (Wildman–Crippen MR) is 146 cm³/mol. The van der Waals surface area contributed by atoms with Crippen LogP contribution in [-0.4, -0.2) is 21.1 Å². The molecule has 0 saturated carbocycles. The second kappa shape index (κ2) is 5.65. The van der Waals surface area contributed by atoms with Gasteiger partial charge in [-0.25, -0.2) is 0 Å². The lowest BCUT2D eigenvalue weighted by atomic mass is 9.81. The minimum atomic E-state index is 1.23. The SMILES string of the molecule is CNc1c2ccc3cccc4cc5c(N(C)C)c6ccc7cccc8cc1c(c6c78)c5c2c34. The average Bonchev–Trinajstić information content (AvgIpc) is 2.83. The molecular weight excluding hydrogens is 400 g/mol. The van der Waals surface area contributed by atoms with E-state index >= 15 is 0 Å². The zero-order valence-electron chi connectivity index (χ0n) is 18.9. The van der Waals surface area contributed by atoms with Gasteiger partial charge in [-0.2, -0.15) is 0 Å². The summed E-state index contributed by atoms with van der Waals surface area (Å²) in [6, 6.07) is 27.4. The molecule has 0 aliphatic carbocycles. The third kappa shape index (κ3) is 1.89. The minimum absolute atomic E-state index is 1.23. The zero-order chi connectivity index (χ0) is 22.0. The first kappa shape index (κ1) is 17.5. The van der Waals surface area contributed by atoms with Crippen LogP contribution in [0.4, 0.5) is 11.4 Å². The molecule has 0 amide bonds. The van der Waals surface area contributed by atoms with Crippen LogP contribution in [0.25, 0.3) is 75.4 Å². The highest BCUT2D eigenvalue weighted by Gasteiger charge is 2.25. The normalized spacial score (nSPS) is 12.7. The van der Waals surface area contributed by atoms with Crippen molar-refractivity contribution in [2.75, 3.05) is 31.4 Å². The summed E-state index contributed by atoms with van der Waals surface area (Å²) in [5.74, 6) is 0. The van der Waals surface area contributed by atoms with Gasteiger partial charge in [0.15, 0.2) is 0 Å². The molecule has 2 heteroatoms. The Bertz CT molecular complexity index is 2030. The van der Waals surface area contributed by atoms with Crippen molar-refractivity contribution in [3.8, 4) is 0 Å². The summed E-state index contributed by atoms with van der Waals surface area (Å²) >= 11 is 0. The summed E-state index contributed by atoms with van der Waals surface area (Å²) in [5, 5.41) is 22.5. The standard InChI is InChI=1S/C31H22N2/c1-32-30-20-12-10-16-6-5-9-19-15-23-29(26(20)24(16)19)28-22(30)14-18-8-4-7-17-11-13-21(27(28)25(17)18)31(23)33(2)3/h4-15,32H,1-3H3. The van der Waals surface area contributed by atoms with E-state index in [9.17, 15) is 0 Å². The summed E-state index contributed by atoms with van der Waals surface area (Å²) in [4.78, 5) is 2.30. The summed E-state index contributed by atoms with van der Waals surface area (Å²) in [5.41, 5.74) is 2.54. The molecule has 0 aliphatic rings. The molecule has 1 N–H and O–H groups in total. The van der Waals surface area contributed by atoms with Crippen LogP contribution in [0.2, 0.25) is 0 Å². The molecule has 8 aromatic rings. The molecule has 2 nitrogen and oxygen atoms in total. The van der Waals surface area contributed by atoms with Crippen molar-refractivity contribution in [3.05, 3.63) is 72.8 Å². The smallest absolute Gasteiger partial charge is 0.0521 e. The number of rotatable bonds is 2. The Morgan fingerprint density at radius 3 is 1.67 bits per heavy atom. The van der Waals surface area contributed by atoms with Gasteiger partial charge in [0, 0.05) is 69.9 Å². The molecule has 8 aromatic carbocycles. The molecule has 0 atom stereocenters. The molecule has 0 unspecified atom stereocenters. The van der Waals surface area contributed by atoms with Gasteiger partial charge in [-0.15, -0.1) is 0 Å². The molecule has 33 heavy (non-hydrogen) atoms. The zero-order valence-corrected chi connectivity index (χ0v) is 18.9. The quantitative estimate of drug-likeness (QED) is 0.223. The molecule has 156 valence electrons. The monoisotopic (exact) mass is 422 g/mol. The molecule has 0 saturated heterocycles. The molecule has 0 spiro atoms. The maximum Gasteiger partial charge on any atom is 0.0521 e. The van der Waals surface area contributed by atoms with E-state index in [1.807, 2.05) is 0 Å². The molecule has 0 aromatic heterocycles. The first-order valence-electron chi connectivity index (χ1n) is 11.6. The Morgan fingerprint density at radius 2 is 1.03 bits per heavy atom. The van der Waals surface area contributed by atoms with Crippen molar-refractivity contribution >= 4 is 86.8 Å². The predicted octanol–water partition coefficient (Wildman–Crippen LogP) is 8.18. The topological polar surface area (TPSA) is 15.3 Å². The van der Waals surface area contributed by atoms with Crippen molar-refractivity contribution in [1.29, 1.82) is 0 Å². The summed E-state index contributed by atoms with van der Waals surface area (Å²) < 4.78 is 0. The van der Waals surface area contributed by atoms with Crippen molar-refractivity contribution in [2.24, 2.45) is 0 Å². The van der Waals surface area contributed by atoms with Gasteiger partial charge in [-0.3, -0.25) is 0 Å².